The van der Waals surface area contributed by atoms with E-state index in [1.54, 1.807) is 13.8 Å². The first-order valence-corrected chi connectivity index (χ1v) is 5.28. The molecule has 0 saturated heterocycles. The van der Waals surface area contributed by atoms with Gasteiger partial charge in [-0.05, 0) is 40.5 Å². The average molecular weight is 199 g/mol. The van der Waals surface area contributed by atoms with Crippen molar-refractivity contribution in [2.24, 2.45) is 5.92 Å². The molecule has 0 spiro atoms. The Morgan fingerprint density at radius 3 is 2.07 bits per heavy atom. The van der Waals surface area contributed by atoms with E-state index in [2.05, 4.69) is 5.32 Å². The molecule has 3 nitrogen and oxygen atoms in total. The second-order valence-electron chi connectivity index (χ2n) is 5.30. The zero-order valence-corrected chi connectivity index (χ0v) is 9.55. The van der Waals surface area contributed by atoms with Crippen molar-refractivity contribution in [1.82, 2.24) is 5.32 Å². The molecule has 3 heteroatoms. The number of hydrogen-bond acceptors (Lipinski definition) is 2. The second-order valence-corrected chi connectivity index (χ2v) is 5.30. The molecule has 2 N–H and O–H groups in total. The van der Waals surface area contributed by atoms with Crippen molar-refractivity contribution in [3.8, 4) is 0 Å². The third-order valence-electron chi connectivity index (χ3n) is 3.44. The van der Waals surface area contributed by atoms with Gasteiger partial charge in [0, 0.05) is 5.92 Å². The van der Waals surface area contributed by atoms with E-state index in [1.165, 1.54) is 0 Å². The first-order valence-electron chi connectivity index (χ1n) is 5.28. The van der Waals surface area contributed by atoms with Crippen LogP contribution >= 0.6 is 0 Å². The first kappa shape index (κ1) is 11.5. The maximum Gasteiger partial charge on any atom is 0.223 e. The van der Waals surface area contributed by atoms with Gasteiger partial charge in [0.1, 0.15) is 0 Å². The van der Waals surface area contributed by atoms with Gasteiger partial charge in [-0.3, -0.25) is 4.79 Å². The maximum atomic E-state index is 11.7. The average Bonchev–Trinajstić information content (AvgIpc) is 1.76. The van der Waals surface area contributed by atoms with E-state index in [1.807, 2.05) is 13.8 Å². The van der Waals surface area contributed by atoms with E-state index in [4.69, 9.17) is 0 Å². The molecular formula is C11H21NO2. The number of rotatable bonds is 3. The molecule has 1 aliphatic rings. The van der Waals surface area contributed by atoms with Gasteiger partial charge in [0.05, 0.1) is 11.1 Å². The lowest BCUT2D eigenvalue weighted by Crippen LogP contribution is -2.59. The molecule has 0 heterocycles. The summed E-state index contributed by atoms with van der Waals surface area (Å²) in [7, 11) is 0. The molecule has 0 aliphatic heterocycles. The predicted octanol–water partition coefficient (Wildman–Crippen LogP) is 1.45. The molecule has 0 atom stereocenters. The highest BCUT2D eigenvalue weighted by molar-refractivity contribution is 5.80. The molecule has 82 valence electrons. The predicted molar refractivity (Wildman–Crippen MR) is 55.9 cm³/mol. The Morgan fingerprint density at radius 1 is 1.29 bits per heavy atom. The van der Waals surface area contributed by atoms with E-state index < -0.39 is 11.1 Å². The van der Waals surface area contributed by atoms with Crippen LogP contribution in [0.15, 0.2) is 0 Å². The number of nitrogens with one attached hydrogen (secondary N) is 1. The quantitative estimate of drug-likeness (QED) is 0.723. The fraction of sp³-hybridized carbons (Fsp3) is 0.909. The van der Waals surface area contributed by atoms with Gasteiger partial charge in [0.2, 0.25) is 5.91 Å². The van der Waals surface area contributed by atoms with Crippen LogP contribution < -0.4 is 5.32 Å². The van der Waals surface area contributed by atoms with Gasteiger partial charge < -0.3 is 10.4 Å². The van der Waals surface area contributed by atoms with Gasteiger partial charge in [0.15, 0.2) is 0 Å². The van der Waals surface area contributed by atoms with Crippen molar-refractivity contribution in [3.63, 3.8) is 0 Å². The van der Waals surface area contributed by atoms with Crippen molar-refractivity contribution >= 4 is 5.91 Å². The summed E-state index contributed by atoms with van der Waals surface area (Å²) in [6.45, 7) is 7.13. The number of hydrogen-bond donors (Lipinski definition) is 2. The summed E-state index contributed by atoms with van der Waals surface area (Å²) in [5.41, 5.74) is -1.47. The van der Waals surface area contributed by atoms with Crippen molar-refractivity contribution < 1.29 is 9.90 Å². The minimum Gasteiger partial charge on any atom is -0.388 e. The Morgan fingerprint density at radius 2 is 1.79 bits per heavy atom. The molecule has 0 aromatic heterocycles. The normalized spacial score (nSPS) is 18.9. The SMILES string of the molecule is CC(C)(O)C(C)(C)NC(=O)C1CCC1. The standard InChI is InChI=1S/C11H21NO2/c1-10(2,11(3,4)14)12-9(13)8-6-5-7-8/h8,14H,5-7H2,1-4H3,(H,12,13). The molecule has 14 heavy (non-hydrogen) atoms. The lowest BCUT2D eigenvalue weighted by molar-refractivity contribution is -0.132. The number of carbonyl (C=O) groups is 1. The summed E-state index contributed by atoms with van der Waals surface area (Å²) in [4.78, 5) is 11.7. The molecule has 1 fully saturated rings. The summed E-state index contributed by atoms with van der Waals surface area (Å²) in [5.74, 6) is 0.264. The smallest absolute Gasteiger partial charge is 0.223 e. The first-order chi connectivity index (χ1) is 6.24. The van der Waals surface area contributed by atoms with Crippen LogP contribution in [-0.2, 0) is 4.79 Å². The number of aliphatic hydroxyl groups is 1. The van der Waals surface area contributed by atoms with E-state index in [0.29, 0.717) is 0 Å². The Labute approximate surface area is 85.9 Å². The molecule has 1 rings (SSSR count). The van der Waals surface area contributed by atoms with Gasteiger partial charge in [-0.1, -0.05) is 6.42 Å². The number of carbonyl (C=O) groups excluding carboxylic acids is 1. The van der Waals surface area contributed by atoms with Crippen molar-refractivity contribution in [3.05, 3.63) is 0 Å². The summed E-state index contributed by atoms with van der Waals surface area (Å²) in [6, 6.07) is 0. The van der Waals surface area contributed by atoms with E-state index in [0.717, 1.165) is 19.3 Å². The van der Waals surface area contributed by atoms with Gasteiger partial charge >= 0.3 is 0 Å². The second kappa shape index (κ2) is 3.54. The fourth-order valence-electron chi connectivity index (χ4n) is 1.23. The molecule has 1 saturated carbocycles. The molecule has 0 aromatic carbocycles. The monoisotopic (exact) mass is 199 g/mol. The number of amides is 1. The minimum absolute atomic E-state index is 0.0865. The highest BCUT2D eigenvalue weighted by Crippen LogP contribution is 2.28. The third-order valence-corrected chi connectivity index (χ3v) is 3.44. The van der Waals surface area contributed by atoms with Crippen LogP contribution in [0.5, 0.6) is 0 Å². The van der Waals surface area contributed by atoms with Crippen LogP contribution in [0.4, 0.5) is 0 Å². The van der Waals surface area contributed by atoms with Crippen LogP contribution in [0.2, 0.25) is 0 Å². The Balaban J connectivity index is 2.53. The summed E-state index contributed by atoms with van der Waals surface area (Å²) in [6.07, 6.45) is 3.14. The zero-order chi connectivity index (χ0) is 11.0. The molecule has 0 bridgehead atoms. The lowest BCUT2D eigenvalue weighted by Gasteiger charge is -2.40. The van der Waals surface area contributed by atoms with Gasteiger partial charge in [0.25, 0.3) is 0 Å². The molecular weight excluding hydrogens is 178 g/mol. The van der Waals surface area contributed by atoms with Crippen LogP contribution in [0.25, 0.3) is 0 Å². The third kappa shape index (κ3) is 2.27. The largest absolute Gasteiger partial charge is 0.388 e. The van der Waals surface area contributed by atoms with Gasteiger partial charge in [-0.25, -0.2) is 0 Å². The lowest BCUT2D eigenvalue weighted by atomic mass is 9.81. The highest BCUT2D eigenvalue weighted by atomic mass is 16.3. The van der Waals surface area contributed by atoms with E-state index >= 15 is 0 Å². The van der Waals surface area contributed by atoms with Crippen molar-refractivity contribution in [1.29, 1.82) is 0 Å². The molecule has 1 amide bonds. The Kier molecular flexibility index (Phi) is 2.91. The van der Waals surface area contributed by atoms with Crippen molar-refractivity contribution in [2.75, 3.05) is 0 Å². The molecule has 0 unspecified atom stereocenters. The van der Waals surface area contributed by atoms with Crippen LogP contribution in [0.3, 0.4) is 0 Å². The Hall–Kier alpha value is -0.570. The van der Waals surface area contributed by atoms with Crippen LogP contribution in [-0.4, -0.2) is 22.2 Å². The highest BCUT2D eigenvalue weighted by Gasteiger charge is 2.38. The summed E-state index contributed by atoms with van der Waals surface area (Å²) >= 11 is 0. The fourth-order valence-corrected chi connectivity index (χ4v) is 1.23. The summed E-state index contributed by atoms with van der Waals surface area (Å²) in [5, 5.41) is 12.8. The molecule has 0 radical (unpaired) electrons. The maximum absolute atomic E-state index is 11.7. The van der Waals surface area contributed by atoms with E-state index in [9.17, 15) is 9.90 Å². The molecule has 0 aromatic rings. The van der Waals surface area contributed by atoms with E-state index in [-0.39, 0.29) is 11.8 Å². The molecule has 1 aliphatic carbocycles. The van der Waals surface area contributed by atoms with Crippen LogP contribution in [0.1, 0.15) is 47.0 Å². The van der Waals surface area contributed by atoms with Gasteiger partial charge in [-0.2, -0.15) is 0 Å². The minimum atomic E-state index is -0.896. The topological polar surface area (TPSA) is 49.3 Å². The zero-order valence-electron chi connectivity index (χ0n) is 9.55. The van der Waals surface area contributed by atoms with Crippen molar-refractivity contribution in [2.45, 2.75) is 58.1 Å². The Bertz CT molecular complexity index is 224. The summed E-state index contributed by atoms with van der Waals surface area (Å²) < 4.78 is 0. The van der Waals surface area contributed by atoms with Gasteiger partial charge in [-0.15, -0.1) is 0 Å². The van der Waals surface area contributed by atoms with Crippen LogP contribution in [0, 0.1) is 5.92 Å².